The molecule has 3 aromatic rings. The van der Waals surface area contributed by atoms with Gasteiger partial charge in [-0.1, -0.05) is 73.5 Å². The number of nitrogens with zero attached hydrogens (tertiary/aromatic N) is 2. The van der Waals surface area contributed by atoms with Gasteiger partial charge in [-0.15, -0.1) is 0 Å². The zero-order chi connectivity index (χ0) is 28.7. The number of anilines is 1. The van der Waals surface area contributed by atoms with E-state index in [2.05, 4.69) is 19.2 Å². The molecule has 0 saturated carbocycles. The molecule has 0 bridgehead atoms. The van der Waals surface area contributed by atoms with E-state index >= 15 is 0 Å². The summed E-state index contributed by atoms with van der Waals surface area (Å²) >= 11 is 0. The van der Waals surface area contributed by atoms with E-state index in [0.717, 1.165) is 26.6 Å². The minimum atomic E-state index is -4.08. The molecule has 0 spiro atoms. The molecule has 2 amide bonds. The number of benzene rings is 3. The summed E-state index contributed by atoms with van der Waals surface area (Å²) < 4.78 is 28.9. The van der Waals surface area contributed by atoms with Gasteiger partial charge in [-0.2, -0.15) is 0 Å². The molecule has 0 aromatic heterocycles. The van der Waals surface area contributed by atoms with Crippen LogP contribution in [0.25, 0.3) is 0 Å². The number of hydrogen-bond donors (Lipinski definition) is 1. The predicted octanol–water partition coefficient (Wildman–Crippen LogP) is 5.18. The van der Waals surface area contributed by atoms with E-state index in [1.165, 1.54) is 4.90 Å². The topological polar surface area (TPSA) is 86.8 Å². The lowest BCUT2D eigenvalue weighted by molar-refractivity contribution is -0.139. The van der Waals surface area contributed by atoms with Crippen molar-refractivity contribution < 1.29 is 18.0 Å². The zero-order valence-corrected chi connectivity index (χ0v) is 24.5. The van der Waals surface area contributed by atoms with Crippen LogP contribution < -0.4 is 9.62 Å². The van der Waals surface area contributed by atoms with Gasteiger partial charge in [0.2, 0.25) is 11.8 Å². The molecule has 1 N–H and O–H groups in total. The summed E-state index contributed by atoms with van der Waals surface area (Å²) in [6, 6.07) is 20.7. The predicted molar refractivity (Wildman–Crippen MR) is 156 cm³/mol. The molecular formula is C31H39N3O4S. The van der Waals surface area contributed by atoms with Gasteiger partial charge in [0, 0.05) is 13.1 Å². The molecular weight excluding hydrogens is 510 g/mol. The minimum Gasteiger partial charge on any atom is -0.355 e. The van der Waals surface area contributed by atoms with Crippen LogP contribution in [0.2, 0.25) is 0 Å². The quantitative estimate of drug-likeness (QED) is 0.357. The number of nitrogens with one attached hydrogen (secondary N) is 1. The fourth-order valence-electron chi connectivity index (χ4n) is 4.30. The lowest BCUT2D eigenvalue weighted by Gasteiger charge is -2.32. The van der Waals surface area contributed by atoms with Crippen LogP contribution in [0, 0.1) is 13.8 Å². The van der Waals surface area contributed by atoms with Gasteiger partial charge in [0.05, 0.1) is 10.6 Å². The van der Waals surface area contributed by atoms with Crippen molar-refractivity contribution in [2.24, 2.45) is 0 Å². The summed E-state index contributed by atoms with van der Waals surface area (Å²) in [4.78, 5) is 28.3. The van der Waals surface area contributed by atoms with Crippen LogP contribution in [0.3, 0.4) is 0 Å². The maximum atomic E-state index is 13.9. The van der Waals surface area contributed by atoms with Crippen LogP contribution in [0.1, 0.15) is 55.9 Å². The molecule has 7 nitrogen and oxygen atoms in total. The largest absolute Gasteiger partial charge is 0.355 e. The average molecular weight is 550 g/mol. The first-order valence-electron chi connectivity index (χ1n) is 13.3. The Morgan fingerprint density at radius 1 is 0.872 bits per heavy atom. The highest BCUT2D eigenvalue weighted by atomic mass is 32.2. The van der Waals surface area contributed by atoms with Gasteiger partial charge in [0.25, 0.3) is 10.0 Å². The molecule has 0 unspecified atom stereocenters. The number of aryl methyl sites for hydroxylation is 2. The highest BCUT2D eigenvalue weighted by molar-refractivity contribution is 7.92. The van der Waals surface area contributed by atoms with Gasteiger partial charge in [-0.25, -0.2) is 8.42 Å². The summed E-state index contributed by atoms with van der Waals surface area (Å²) in [6.45, 7) is 11.6. The summed E-state index contributed by atoms with van der Waals surface area (Å²) in [5.74, 6) is -0.503. The maximum absolute atomic E-state index is 13.9. The van der Waals surface area contributed by atoms with Crippen LogP contribution in [-0.2, 0) is 26.2 Å². The third kappa shape index (κ3) is 7.47. The average Bonchev–Trinajstić information content (AvgIpc) is 2.90. The van der Waals surface area contributed by atoms with Gasteiger partial charge in [0.1, 0.15) is 12.6 Å². The molecule has 208 valence electrons. The number of likely N-dealkylation sites (N-methyl/N-ethyl adjacent to an activating group) is 1. The number of hydrogen-bond acceptors (Lipinski definition) is 4. The number of amides is 2. The lowest BCUT2D eigenvalue weighted by Crippen LogP contribution is -2.51. The van der Waals surface area contributed by atoms with E-state index in [9.17, 15) is 18.0 Å². The standard InChI is InChI=1S/C31H39N3O4S/c1-7-32-31(36)25(6)33(20-26-10-8-9-24(5)19-26)30(35)21-34(28-15-13-27(14-16-28)22(2)3)39(37,38)29-17-11-23(4)12-18-29/h8-19,22,25H,7,20-21H2,1-6H3,(H,32,36)/t25-/m0/s1. The Morgan fingerprint density at radius 2 is 1.51 bits per heavy atom. The second-order valence-corrected chi connectivity index (χ2v) is 12.0. The number of carbonyl (C=O) groups is 2. The molecule has 0 fully saturated rings. The molecule has 39 heavy (non-hydrogen) atoms. The molecule has 8 heteroatoms. The third-order valence-electron chi connectivity index (χ3n) is 6.69. The van der Waals surface area contributed by atoms with Crippen LogP contribution >= 0.6 is 0 Å². The Morgan fingerprint density at radius 3 is 2.08 bits per heavy atom. The Kier molecular flexibility index (Phi) is 9.92. The minimum absolute atomic E-state index is 0.0934. The molecule has 1 atom stereocenters. The molecule has 0 saturated heterocycles. The fraction of sp³-hybridized carbons (Fsp3) is 0.355. The SMILES string of the molecule is CCNC(=O)[C@H](C)N(Cc1cccc(C)c1)C(=O)CN(c1ccc(C(C)C)cc1)S(=O)(=O)c1ccc(C)cc1. The van der Waals surface area contributed by atoms with Crippen molar-refractivity contribution >= 4 is 27.5 Å². The highest BCUT2D eigenvalue weighted by Crippen LogP contribution is 2.27. The lowest BCUT2D eigenvalue weighted by atomic mass is 10.0. The second-order valence-electron chi connectivity index (χ2n) is 10.2. The molecule has 3 aromatic carbocycles. The Balaban J connectivity index is 2.04. The van der Waals surface area contributed by atoms with Gasteiger partial charge in [-0.05, 0) is 69.0 Å². The first-order chi connectivity index (χ1) is 18.4. The van der Waals surface area contributed by atoms with Crippen molar-refractivity contribution in [3.05, 3.63) is 95.1 Å². The van der Waals surface area contributed by atoms with Crippen molar-refractivity contribution in [1.82, 2.24) is 10.2 Å². The Labute approximate surface area is 232 Å². The van der Waals surface area contributed by atoms with Crippen molar-refractivity contribution in [1.29, 1.82) is 0 Å². The maximum Gasteiger partial charge on any atom is 0.264 e. The molecule has 0 radical (unpaired) electrons. The zero-order valence-electron chi connectivity index (χ0n) is 23.6. The summed E-state index contributed by atoms with van der Waals surface area (Å²) in [5.41, 5.74) is 4.25. The first-order valence-corrected chi connectivity index (χ1v) is 14.7. The number of sulfonamides is 1. The Hall–Kier alpha value is -3.65. The van der Waals surface area contributed by atoms with Crippen molar-refractivity contribution in [3.63, 3.8) is 0 Å². The van der Waals surface area contributed by atoms with Crippen molar-refractivity contribution in [3.8, 4) is 0 Å². The summed E-state index contributed by atoms with van der Waals surface area (Å²) in [6.07, 6.45) is 0. The Bertz CT molecular complexity index is 1380. The van der Waals surface area contributed by atoms with E-state index in [4.69, 9.17) is 0 Å². The first kappa shape index (κ1) is 29.9. The van der Waals surface area contributed by atoms with E-state index in [0.29, 0.717) is 12.2 Å². The smallest absolute Gasteiger partial charge is 0.264 e. The van der Waals surface area contributed by atoms with E-state index in [1.54, 1.807) is 43.3 Å². The molecule has 0 aliphatic heterocycles. The van der Waals surface area contributed by atoms with E-state index in [-0.39, 0.29) is 23.3 Å². The highest BCUT2D eigenvalue weighted by Gasteiger charge is 2.32. The second kappa shape index (κ2) is 12.9. The van der Waals surface area contributed by atoms with Gasteiger partial charge in [0.15, 0.2) is 0 Å². The number of rotatable bonds is 11. The summed E-state index contributed by atoms with van der Waals surface area (Å²) in [5, 5.41) is 2.78. The van der Waals surface area contributed by atoms with Crippen molar-refractivity contribution in [2.45, 2.75) is 64.9 Å². The molecule has 0 aliphatic rings. The van der Waals surface area contributed by atoms with Crippen LogP contribution in [0.5, 0.6) is 0 Å². The van der Waals surface area contributed by atoms with Gasteiger partial charge < -0.3 is 10.2 Å². The third-order valence-corrected chi connectivity index (χ3v) is 8.48. The molecule has 3 rings (SSSR count). The number of carbonyl (C=O) groups excluding carboxylic acids is 2. The van der Waals surface area contributed by atoms with Crippen LogP contribution in [-0.4, -0.2) is 44.3 Å². The fourth-order valence-corrected chi connectivity index (χ4v) is 5.72. The van der Waals surface area contributed by atoms with Crippen LogP contribution in [0.4, 0.5) is 5.69 Å². The molecule has 0 aliphatic carbocycles. The van der Waals surface area contributed by atoms with Gasteiger partial charge in [-0.3, -0.25) is 13.9 Å². The van der Waals surface area contributed by atoms with E-state index < -0.39 is 28.5 Å². The monoisotopic (exact) mass is 549 g/mol. The molecule has 0 heterocycles. The normalized spacial score (nSPS) is 12.2. The van der Waals surface area contributed by atoms with Crippen molar-refractivity contribution in [2.75, 3.05) is 17.4 Å². The van der Waals surface area contributed by atoms with E-state index in [1.807, 2.05) is 57.2 Å². The summed E-state index contributed by atoms with van der Waals surface area (Å²) in [7, 11) is -4.08. The van der Waals surface area contributed by atoms with Gasteiger partial charge >= 0.3 is 0 Å². The van der Waals surface area contributed by atoms with Crippen LogP contribution in [0.15, 0.2) is 77.7 Å².